The molecule has 2 N–H and O–H groups in total. The normalized spacial score (nSPS) is 20.0. The molecule has 1 atom stereocenters. The van der Waals surface area contributed by atoms with Crippen LogP contribution in [0.25, 0.3) is 0 Å². The standard InChI is InChI=1S/C14H21N3OS/c1-16(17-10-6-5-9-13(17)11-18)14(19)15-12-7-3-2-4-8-12/h2-4,7-8,13,18H,5-6,9-11H2,1H3,(H,15,19). The van der Waals surface area contributed by atoms with Gasteiger partial charge >= 0.3 is 0 Å². The number of hydrogen-bond acceptors (Lipinski definition) is 3. The van der Waals surface area contributed by atoms with Gasteiger partial charge in [-0.3, -0.25) is 5.01 Å². The Balaban J connectivity index is 1.98. The van der Waals surface area contributed by atoms with Crippen molar-refractivity contribution >= 4 is 23.0 Å². The van der Waals surface area contributed by atoms with Crippen molar-refractivity contribution in [1.82, 2.24) is 10.0 Å². The van der Waals surface area contributed by atoms with E-state index in [9.17, 15) is 5.11 Å². The van der Waals surface area contributed by atoms with Crippen LogP contribution < -0.4 is 5.32 Å². The topological polar surface area (TPSA) is 38.7 Å². The average Bonchev–Trinajstić information content (AvgIpc) is 2.47. The quantitative estimate of drug-likeness (QED) is 0.829. The Bertz CT molecular complexity index is 412. The van der Waals surface area contributed by atoms with E-state index >= 15 is 0 Å². The molecule has 0 aliphatic carbocycles. The number of rotatable bonds is 3. The van der Waals surface area contributed by atoms with E-state index in [2.05, 4.69) is 10.3 Å². The smallest absolute Gasteiger partial charge is 0.187 e. The highest BCUT2D eigenvalue weighted by atomic mass is 32.1. The molecule has 1 unspecified atom stereocenters. The zero-order chi connectivity index (χ0) is 13.7. The Hall–Kier alpha value is -1.17. The monoisotopic (exact) mass is 279 g/mol. The molecule has 1 aliphatic rings. The van der Waals surface area contributed by atoms with Crippen molar-refractivity contribution in [1.29, 1.82) is 0 Å². The first-order valence-electron chi connectivity index (χ1n) is 6.69. The Kier molecular flexibility index (Phi) is 5.13. The number of aliphatic hydroxyl groups excluding tert-OH is 1. The van der Waals surface area contributed by atoms with Crippen LogP contribution in [0.15, 0.2) is 30.3 Å². The maximum Gasteiger partial charge on any atom is 0.187 e. The fourth-order valence-electron chi connectivity index (χ4n) is 2.41. The van der Waals surface area contributed by atoms with E-state index in [1.165, 1.54) is 6.42 Å². The predicted molar refractivity (Wildman–Crippen MR) is 81.9 cm³/mol. The van der Waals surface area contributed by atoms with Gasteiger partial charge in [0.15, 0.2) is 5.11 Å². The molecule has 0 bridgehead atoms. The van der Waals surface area contributed by atoms with Gasteiger partial charge in [0.2, 0.25) is 0 Å². The van der Waals surface area contributed by atoms with Gasteiger partial charge in [-0.05, 0) is 37.2 Å². The number of nitrogens with one attached hydrogen (secondary N) is 1. The number of para-hydroxylation sites is 1. The van der Waals surface area contributed by atoms with Crippen LogP contribution in [0.2, 0.25) is 0 Å². The molecule has 0 spiro atoms. The van der Waals surface area contributed by atoms with E-state index in [4.69, 9.17) is 12.2 Å². The zero-order valence-electron chi connectivity index (χ0n) is 11.2. The van der Waals surface area contributed by atoms with Crippen LogP contribution in [-0.2, 0) is 0 Å². The zero-order valence-corrected chi connectivity index (χ0v) is 12.1. The maximum absolute atomic E-state index is 9.45. The summed E-state index contributed by atoms with van der Waals surface area (Å²) in [5.74, 6) is 0. The fourth-order valence-corrected chi connectivity index (χ4v) is 2.63. The van der Waals surface area contributed by atoms with Crippen molar-refractivity contribution in [3.05, 3.63) is 30.3 Å². The summed E-state index contributed by atoms with van der Waals surface area (Å²) in [6.45, 7) is 1.12. The largest absolute Gasteiger partial charge is 0.395 e. The highest BCUT2D eigenvalue weighted by molar-refractivity contribution is 7.80. The van der Waals surface area contributed by atoms with Crippen molar-refractivity contribution in [3.8, 4) is 0 Å². The van der Waals surface area contributed by atoms with Crippen LogP contribution in [0.3, 0.4) is 0 Å². The summed E-state index contributed by atoms with van der Waals surface area (Å²) in [7, 11) is 1.95. The molecule has 5 heteroatoms. The Labute approximate surface area is 120 Å². The molecule has 0 saturated carbocycles. The third-order valence-corrected chi connectivity index (χ3v) is 3.88. The van der Waals surface area contributed by atoms with Gasteiger partial charge in [-0.25, -0.2) is 5.01 Å². The second kappa shape index (κ2) is 6.84. The lowest BCUT2D eigenvalue weighted by molar-refractivity contribution is -0.0263. The lowest BCUT2D eigenvalue weighted by atomic mass is 10.1. The van der Waals surface area contributed by atoms with Gasteiger partial charge in [0.05, 0.1) is 12.6 Å². The maximum atomic E-state index is 9.45. The number of thiocarbonyl (C=S) groups is 1. The van der Waals surface area contributed by atoms with Crippen molar-refractivity contribution in [2.24, 2.45) is 0 Å². The third kappa shape index (κ3) is 3.65. The number of nitrogens with zero attached hydrogens (tertiary/aromatic N) is 2. The number of anilines is 1. The molecule has 2 rings (SSSR count). The van der Waals surface area contributed by atoms with Gasteiger partial charge in [-0.15, -0.1) is 0 Å². The molecule has 1 aromatic carbocycles. The minimum atomic E-state index is 0.175. The molecule has 0 amide bonds. The molecule has 1 fully saturated rings. The Morgan fingerprint density at radius 3 is 2.84 bits per heavy atom. The molecule has 19 heavy (non-hydrogen) atoms. The molecule has 104 valence electrons. The number of aliphatic hydroxyl groups is 1. The predicted octanol–water partition coefficient (Wildman–Crippen LogP) is 2.08. The van der Waals surface area contributed by atoms with Crippen LogP contribution in [0.1, 0.15) is 19.3 Å². The van der Waals surface area contributed by atoms with Crippen molar-refractivity contribution in [3.63, 3.8) is 0 Å². The van der Waals surface area contributed by atoms with E-state index in [0.29, 0.717) is 5.11 Å². The van der Waals surface area contributed by atoms with Gasteiger partial charge in [-0.2, -0.15) is 0 Å². The molecule has 1 saturated heterocycles. The van der Waals surface area contributed by atoms with Crippen LogP contribution in [-0.4, -0.2) is 46.5 Å². The second-order valence-electron chi connectivity index (χ2n) is 4.82. The molecule has 0 aromatic heterocycles. The number of hydrazine groups is 1. The lowest BCUT2D eigenvalue weighted by Gasteiger charge is -2.41. The van der Waals surface area contributed by atoms with Crippen LogP contribution >= 0.6 is 12.2 Å². The van der Waals surface area contributed by atoms with Gasteiger partial charge in [0.1, 0.15) is 0 Å². The molecule has 0 radical (unpaired) electrons. The van der Waals surface area contributed by atoms with Crippen LogP contribution in [0, 0.1) is 0 Å². The molecule has 4 nitrogen and oxygen atoms in total. The summed E-state index contributed by atoms with van der Waals surface area (Å²) in [5.41, 5.74) is 0.983. The lowest BCUT2D eigenvalue weighted by Crippen LogP contribution is -2.54. The summed E-state index contributed by atoms with van der Waals surface area (Å²) in [6.07, 6.45) is 3.35. The molecule has 1 aromatic rings. The summed E-state index contributed by atoms with van der Waals surface area (Å²) < 4.78 is 0. The van der Waals surface area contributed by atoms with Gasteiger partial charge in [0.25, 0.3) is 0 Å². The van der Waals surface area contributed by atoms with E-state index in [1.54, 1.807) is 0 Å². The van der Waals surface area contributed by atoms with Gasteiger partial charge in [0, 0.05) is 19.3 Å². The minimum absolute atomic E-state index is 0.175. The average molecular weight is 279 g/mol. The second-order valence-corrected chi connectivity index (χ2v) is 5.20. The molecular formula is C14H21N3OS. The van der Waals surface area contributed by atoms with Crippen LogP contribution in [0.5, 0.6) is 0 Å². The van der Waals surface area contributed by atoms with E-state index < -0.39 is 0 Å². The number of benzene rings is 1. The fraction of sp³-hybridized carbons (Fsp3) is 0.500. The van der Waals surface area contributed by atoms with Gasteiger partial charge in [-0.1, -0.05) is 24.6 Å². The van der Waals surface area contributed by atoms with Crippen LogP contribution in [0.4, 0.5) is 5.69 Å². The first-order valence-corrected chi connectivity index (χ1v) is 7.10. The summed E-state index contributed by atoms with van der Waals surface area (Å²) in [6, 6.07) is 10.1. The first-order chi connectivity index (χ1) is 9.22. The number of hydrogen-bond donors (Lipinski definition) is 2. The summed E-state index contributed by atoms with van der Waals surface area (Å²) in [5, 5.41) is 17.4. The summed E-state index contributed by atoms with van der Waals surface area (Å²) in [4.78, 5) is 0. The summed E-state index contributed by atoms with van der Waals surface area (Å²) >= 11 is 5.43. The minimum Gasteiger partial charge on any atom is -0.395 e. The van der Waals surface area contributed by atoms with E-state index in [0.717, 1.165) is 25.1 Å². The Morgan fingerprint density at radius 1 is 1.42 bits per heavy atom. The molecule has 1 aliphatic heterocycles. The highest BCUT2D eigenvalue weighted by Crippen LogP contribution is 2.18. The SMILES string of the molecule is CN(C(=S)Nc1ccccc1)N1CCCCC1CO. The van der Waals surface area contributed by atoms with Crippen molar-refractivity contribution in [2.45, 2.75) is 25.3 Å². The molecular weight excluding hydrogens is 258 g/mol. The Morgan fingerprint density at radius 2 is 2.16 bits per heavy atom. The first kappa shape index (κ1) is 14.2. The highest BCUT2D eigenvalue weighted by Gasteiger charge is 2.26. The molecule has 1 heterocycles. The van der Waals surface area contributed by atoms with E-state index in [-0.39, 0.29) is 12.6 Å². The van der Waals surface area contributed by atoms with Gasteiger partial charge < -0.3 is 10.4 Å². The van der Waals surface area contributed by atoms with Crippen molar-refractivity contribution < 1.29 is 5.11 Å². The number of piperidine rings is 1. The third-order valence-electron chi connectivity index (χ3n) is 3.51. The van der Waals surface area contributed by atoms with E-state index in [1.807, 2.05) is 42.4 Å². The van der Waals surface area contributed by atoms with Crippen molar-refractivity contribution in [2.75, 3.05) is 25.5 Å².